The van der Waals surface area contributed by atoms with Crippen LogP contribution in [0.5, 0.6) is 0 Å². The Kier molecular flexibility index (Phi) is 8.71. The van der Waals surface area contributed by atoms with Crippen LogP contribution in [-0.2, 0) is 6.42 Å². The Morgan fingerprint density at radius 3 is 1.44 bits per heavy atom. The standard InChI is InChI=1S/C58H39N5/c1-2-51-59-49-26-12-13-27-50(49)63(51)44-34-32-38(33-35-44)47-36-48(37-16-6-3-7-17-37)54-45-24-14-22-39-23-15-25-46(52(39)45)55(54)53(47)40-28-30-43(31-29-40)58-61-56(41-18-8-4-9-19-41)60-57(62-58)42-20-10-5-11-21-42/h3-36H,2H2,1H3. The molecular formula is C58H39N5. The average Bonchev–Trinajstić information content (AvgIpc) is 3.91. The number of aromatic nitrogens is 5. The van der Waals surface area contributed by atoms with Crippen LogP contribution in [0.25, 0.3) is 117 Å². The minimum Gasteiger partial charge on any atom is -0.296 e. The van der Waals surface area contributed by atoms with Crippen LogP contribution in [0.2, 0.25) is 0 Å². The maximum atomic E-state index is 5.05. The van der Waals surface area contributed by atoms with Crippen molar-refractivity contribution in [3.8, 4) is 95.5 Å². The van der Waals surface area contributed by atoms with Gasteiger partial charge >= 0.3 is 0 Å². The topological polar surface area (TPSA) is 56.5 Å². The molecule has 9 aromatic carbocycles. The highest BCUT2D eigenvalue weighted by molar-refractivity contribution is 6.22. The maximum Gasteiger partial charge on any atom is 0.164 e. The number of hydrogen-bond acceptors (Lipinski definition) is 4. The lowest BCUT2D eigenvalue weighted by Crippen LogP contribution is -2.00. The molecule has 0 radical (unpaired) electrons. The lowest BCUT2D eigenvalue weighted by Gasteiger charge is -2.21. The third-order valence-corrected chi connectivity index (χ3v) is 12.4. The first-order valence-electron chi connectivity index (χ1n) is 21.5. The molecule has 11 aromatic rings. The molecule has 2 aromatic heterocycles. The Balaban J connectivity index is 1.08. The molecule has 5 nitrogen and oxygen atoms in total. The lowest BCUT2D eigenvalue weighted by atomic mass is 9.82. The first kappa shape index (κ1) is 36.6. The number of aryl methyl sites for hydroxylation is 1. The van der Waals surface area contributed by atoms with Gasteiger partial charge < -0.3 is 0 Å². The summed E-state index contributed by atoms with van der Waals surface area (Å²) in [5.74, 6) is 2.96. The summed E-state index contributed by atoms with van der Waals surface area (Å²) in [6, 6.07) is 73.2. The summed E-state index contributed by atoms with van der Waals surface area (Å²) in [4.78, 5) is 20.0. The zero-order valence-electron chi connectivity index (χ0n) is 34.6. The zero-order valence-corrected chi connectivity index (χ0v) is 34.6. The highest BCUT2D eigenvalue weighted by Crippen LogP contribution is 2.57. The van der Waals surface area contributed by atoms with Gasteiger partial charge in [-0.1, -0.05) is 183 Å². The summed E-state index contributed by atoms with van der Waals surface area (Å²) in [5, 5.41) is 2.54. The van der Waals surface area contributed by atoms with Crippen LogP contribution < -0.4 is 0 Å². The van der Waals surface area contributed by atoms with E-state index in [-0.39, 0.29) is 0 Å². The van der Waals surface area contributed by atoms with Gasteiger partial charge in [-0.25, -0.2) is 19.9 Å². The fraction of sp³-hybridized carbons (Fsp3) is 0.0345. The molecule has 1 aliphatic carbocycles. The van der Waals surface area contributed by atoms with Gasteiger partial charge in [-0.2, -0.15) is 0 Å². The smallest absolute Gasteiger partial charge is 0.164 e. The maximum absolute atomic E-state index is 5.05. The van der Waals surface area contributed by atoms with Crippen molar-refractivity contribution in [2.75, 3.05) is 0 Å². The number of hydrogen-bond donors (Lipinski definition) is 0. The zero-order chi connectivity index (χ0) is 41.9. The predicted molar refractivity (Wildman–Crippen MR) is 258 cm³/mol. The van der Waals surface area contributed by atoms with Crippen LogP contribution in [-0.4, -0.2) is 24.5 Å². The molecule has 0 spiro atoms. The summed E-state index contributed by atoms with van der Waals surface area (Å²) >= 11 is 0. The van der Waals surface area contributed by atoms with Gasteiger partial charge in [-0.3, -0.25) is 4.57 Å². The lowest BCUT2D eigenvalue weighted by molar-refractivity contribution is 0.908. The number of nitrogens with zero attached hydrogens (tertiary/aromatic N) is 5. The van der Waals surface area contributed by atoms with Crippen molar-refractivity contribution in [1.29, 1.82) is 0 Å². The van der Waals surface area contributed by atoms with E-state index in [1.165, 1.54) is 55.3 Å². The van der Waals surface area contributed by atoms with E-state index in [0.717, 1.165) is 56.8 Å². The van der Waals surface area contributed by atoms with Crippen LogP contribution in [0.1, 0.15) is 12.7 Å². The van der Waals surface area contributed by atoms with Crippen LogP contribution >= 0.6 is 0 Å². The van der Waals surface area contributed by atoms with Gasteiger partial charge in [0.15, 0.2) is 17.5 Å². The van der Waals surface area contributed by atoms with Gasteiger partial charge in [0.25, 0.3) is 0 Å². The second-order valence-corrected chi connectivity index (χ2v) is 16.0. The second-order valence-electron chi connectivity index (χ2n) is 16.0. The average molecular weight is 806 g/mol. The van der Waals surface area contributed by atoms with Crippen molar-refractivity contribution in [2.24, 2.45) is 0 Å². The molecule has 2 heterocycles. The summed E-state index contributed by atoms with van der Waals surface area (Å²) in [6.07, 6.45) is 0.833. The quantitative estimate of drug-likeness (QED) is 0.153. The normalized spacial score (nSPS) is 11.6. The molecule has 0 saturated heterocycles. The third kappa shape index (κ3) is 6.16. The first-order chi connectivity index (χ1) is 31.2. The largest absolute Gasteiger partial charge is 0.296 e. The minimum atomic E-state index is 0.630. The second kappa shape index (κ2) is 15.0. The molecule has 0 saturated carbocycles. The molecule has 1 aliphatic rings. The number of imidazole rings is 1. The summed E-state index contributed by atoms with van der Waals surface area (Å²) < 4.78 is 2.29. The molecule has 0 bridgehead atoms. The van der Waals surface area contributed by atoms with Crippen LogP contribution in [0.3, 0.4) is 0 Å². The molecule has 0 fully saturated rings. The Morgan fingerprint density at radius 1 is 0.365 bits per heavy atom. The van der Waals surface area contributed by atoms with Crippen LogP contribution in [0.4, 0.5) is 0 Å². The minimum absolute atomic E-state index is 0.630. The van der Waals surface area contributed by atoms with E-state index in [9.17, 15) is 0 Å². The Bertz CT molecular complexity index is 3440. The van der Waals surface area contributed by atoms with Crippen LogP contribution in [0, 0.1) is 0 Å². The van der Waals surface area contributed by atoms with Crippen molar-refractivity contribution in [1.82, 2.24) is 24.5 Å². The molecule has 0 aliphatic heterocycles. The fourth-order valence-electron chi connectivity index (χ4n) is 9.48. The first-order valence-corrected chi connectivity index (χ1v) is 21.5. The Morgan fingerprint density at radius 2 is 0.841 bits per heavy atom. The van der Waals surface area contributed by atoms with E-state index in [2.05, 4.69) is 157 Å². The van der Waals surface area contributed by atoms with Crippen LogP contribution in [0.15, 0.2) is 206 Å². The monoisotopic (exact) mass is 805 g/mol. The number of fused-ring (bicyclic) bond motifs is 4. The van der Waals surface area contributed by atoms with Crippen molar-refractivity contribution in [2.45, 2.75) is 13.3 Å². The van der Waals surface area contributed by atoms with E-state index in [1.54, 1.807) is 0 Å². The van der Waals surface area contributed by atoms with Gasteiger partial charge in [0, 0.05) is 28.8 Å². The number of para-hydroxylation sites is 2. The molecule has 0 amide bonds. The number of benzene rings is 9. The van der Waals surface area contributed by atoms with Crippen molar-refractivity contribution < 1.29 is 0 Å². The van der Waals surface area contributed by atoms with E-state index in [0.29, 0.717) is 17.5 Å². The molecule has 296 valence electrons. The highest BCUT2D eigenvalue weighted by atomic mass is 15.1. The summed E-state index contributed by atoms with van der Waals surface area (Å²) in [6.45, 7) is 2.17. The fourth-order valence-corrected chi connectivity index (χ4v) is 9.48. The van der Waals surface area contributed by atoms with Gasteiger partial charge in [0.05, 0.1) is 11.0 Å². The van der Waals surface area contributed by atoms with Gasteiger partial charge in [0.2, 0.25) is 0 Å². The van der Waals surface area contributed by atoms with E-state index in [1.807, 2.05) is 60.7 Å². The Labute approximate surface area is 365 Å². The summed E-state index contributed by atoms with van der Waals surface area (Å²) in [5.41, 5.74) is 18.1. The van der Waals surface area contributed by atoms with Crippen molar-refractivity contribution >= 4 is 21.8 Å². The SMILES string of the molecule is CCc1nc2ccccc2n1-c1ccc(-c2cc(-c3ccccc3)c3c(c2-c2ccc(-c4nc(-c5ccccc5)nc(-c5ccccc5)n4)cc2)-c2cccc4cccc-3c24)cc1. The molecule has 63 heavy (non-hydrogen) atoms. The van der Waals surface area contributed by atoms with Crippen molar-refractivity contribution in [3.63, 3.8) is 0 Å². The van der Waals surface area contributed by atoms with Crippen molar-refractivity contribution in [3.05, 3.63) is 212 Å². The molecule has 12 rings (SSSR count). The number of rotatable bonds is 8. The molecule has 0 atom stereocenters. The van der Waals surface area contributed by atoms with Gasteiger partial charge in [0.1, 0.15) is 5.82 Å². The molecular weight excluding hydrogens is 767 g/mol. The van der Waals surface area contributed by atoms with E-state index >= 15 is 0 Å². The molecule has 0 unspecified atom stereocenters. The molecule has 0 N–H and O–H groups in total. The van der Waals surface area contributed by atoms with E-state index in [4.69, 9.17) is 19.9 Å². The predicted octanol–water partition coefficient (Wildman–Crippen LogP) is 14.6. The van der Waals surface area contributed by atoms with Gasteiger partial charge in [-0.05, 0) is 96.7 Å². The summed E-state index contributed by atoms with van der Waals surface area (Å²) in [7, 11) is 0. The Hall–Kier alpha value is -8.28. The third-order valence-electron chi connectivity index (χ3n) is 12.4. The van der Waals surface area contributed by atoms with E-state index < -0.39 is 0 Å². The highest BCUT2D eigenvalue weighted by Gasteiger charge is 2.30. The van der Waals surface area contributed by atoms with Gasteiger partial charge in [-0.15, -0.1) is 0 Å². The molecule has 5 heteroatoms.